The molecule has 0 unspecified atom stereocenters. The van der Waals surface area contributed by atoms with Crippen LogP contribution in [-0.4, -0.2) is 61.2 Å². The third-order valence-corrected chi connectivity index (χ3v) is 10.5. The Morgan fingerprint density at radius 2 is 1.66 bits per heavy atom. The van der Waals surface area contributed by atoms with Crippen LogP contribution in [0.1, 0.15) is 46.5 Å². The molecule has 41 heavy (non-hydrogen) atoms. The number of nitrogens with zero attached hydrogens (tertiary/aromatic N) is 4. The van der Waals surface area contributed by atoms with E-state index in [1.165, 1.54) is 21.2 Å². The predicted molar refractivity (Wildman–Crippen MR) is 170 cm³/mol. The maximum atomic E-state index is 13.9. The van der Waals surface area contributed by atoms with Gasteiger partial charge in [0.1, 0.15) is 0 Å². The maximum absolute atomic E-state index is 13.9. The van der Waals surface area contributed by atoms with Gasteiger partial charge in [-0.2, -0.15) is 4.31 Å². The number of anilines is 1. The molecule has 0 atom stereocenters. The Balaban J connectivity index is 0.00000387. The first-order valence-electron chi connectivity index (χ1n) is 13.8. The highest BCUT2D eigenvalue weighted by Crippen LogP contribution is 2.33. The van der Waals surface area contributed by atoms with Crippen molar-refractivity contribution in [2.45, 2.75) is 45.6 Å². The van der Waals surface area contributed by atoms with E-state index in [4.69, 9.17) is 4.98 Å². The highest BCUT2D eigenvalue weighted by atomic mass is 35.5. The molecular weight excluding hydrogens is 576 g/mol. The van der Waals surface area contributed by atoms with Crippen molar-refractivity contribution in [1.82, 2.24) is 14.2 Å². The van der Waals surface area contributed by atoms with Gasteiger partial charge in [0.2, 0.25) is 10.0 Å². The van der Waals surface area contributed by atoms with Gasteiger partial charge >= 0.3 is 0 Å². The standard InChI is InChI=1S/C31H36N4O3S2.ClH/c1-5-33(6-2)17-18-35(31-32-29-23(4)19-22(3)20-28(29)39-31)30(36)25-11-13-27(14-12-25)40(37,38)34-16-15-24-9-7-8-10-26(24)21-34;/h7-14,19-20H,5-6,15-18,21H2,1-4H3;1H. The molecule has 5 rings (SSSR count). The number of fused-ring (bicyclic) bond motifs is 2. The summed E-state index contributed by atoms with van der Waals surface area (Å²) in [5, 5.41) is 0.657. The van der Waals surface area contributed by atoms with E-state index in [-0.39, 0.29) is 23.2 Å². The number of carbonyl (C=O) groups is 1. The van der Waals surface area contributed by atoms with Gasteiger partial charge < -0.3 is 4.90 Å². The van der Waals surface area contributed by atoms with E-state index < -0.39 is 10.0 Å². The van der Waals surface area contributed by atoms with Crippen molar-refractivity contribution in [3.8, 4) is 0 Å². The van der Waals surface area contributed by atoms with Crippen LogP contribution in [-0.2, 0) is 23.0 Å². The second-order valence-corrected chi connectivity index (χ2v) is 13.2. The summed E-state index contributed by atoms with van der Waals surface area (Å²) in [6.07, 6.45) is 0.689. The number of carbonyl (C=O) groups excluding carboxylic acids is 1. The van der Waals surface area contributed by atoms with Gasteiger partial charge in [-0.1, -0.05) is 55.5 Å². The Kier molecular flexibility index (Phi) is 9.87. The Morgan fingerprint density at radius 3 is 2.34 bits per heavy atom. The van der Waals surface area contributed by atoms with Crippen molar-refractivity contribution < 1.29 is 13.2 Å². The number of likely N-dealkylation sites (N-methyl/N-ethyl adjacent to an activating group) is 1. The topological polar surface area (TPSA) is 73.8 Å². The van der Waals surface area contributed by atoms with Gasteiger partial charge in [0.15, 0.2) is 5.13 Å². The third kappa shape index (κ3) is 6.49. The number of amides is 1. The molecule has 4 aromatic rings. The van der Waals surface area contributed by atoms with E-state index >= 15 is 0 Å². The number of halogens is 1. The molecule has 0 saturated carbocycles. The number of aromatic nitrogens is 1. The zero-order valence-electron chi connectivity index (χ0n) is 24.0. The quantitative estimate of drug-likeness (QED) is 0.229. The summed E-state index contributed by atoms with van der Waals surface area (Å²) in [6, 6.07) is 18.5. The fraction of sp³-hybridized carbons (Fsp3) is 0.355. The lowest BCUT2D eigenvalue weighted by Gasteiger charge is -2.28. The van der Waals surface area contributed by atoms with E-state index in [1.54, 1.807) is 29.2 Å². The van der Waals surface area contributed by atoms with Crippen molar-refractivity contribution in [2.24, 2.45) is 0 Å². The van der Waals surface area contributed by atoms with E-state index in [2.05, 4.69) is 43.9 Å². The van der Waals surface area contributed by atoms with Gasteiger partial charge in [0, 0.05) is 31.7 Å². The largest absolute Gasteiger partial charge is 0.302 e. The average Bonchev–Trinajstić information content (AvgIpc) is 3.39. The molecule has 0 fully saturated rings. The lowest BCUT2D eigenvalue weighted by molar-refractivity contribution is 0.0983. The van der Waals surface area contributed by atoms with Crippen LogP contribution in [0.2, 0.25) is 0 Å². The molecule has 1 aromatic heterocycles. The molecule has 1 amide bonds. The summed E-state index contributed by atoms with van der Waals surface area (Å²) >= 11 is 1.52. The van der Waals surface area contributed by atoms with Crippen molar-refractivity contribution in [3.63, 3.8) is 0 Å². The lowest BCUT2D eigenvalue weighted by Crippen LogP contribution is -2.39. The van der Waals surface area contributed by atoms with Gasteiger partial charge in [-0.3, -0.25) is 9.69 Å². The van der Waals surface area contributed by atoms with Crippen LogP contribution in [0.15, 0.2) is 65.6 Å². The SMILES string of the molecule is CCN(CC)CCN(C(=O)c1ccc(S(=O)(=O)N2CCc3ccccc3C2)cc1)c1nc2c(C)cc(C)cc2s1.Cl. The van der Waals surface area contributed by atoms with Crippen LogP contribution in [0.25, 0.3) is 10.2 Å². The van der Waals surface area contributed by atoms with E-state index in [0.717, 1.165) is 46.5 Å². The molecule has 10 heteroatoms. The summed E-state index contributed by atoms with van der Waals surface area (Å²) in [5.41, 5.74) is 5.83. The molecule has 1 aliphatic rings. The molecule has 0 radical (unpaired) electrons. The maximum Gasteiger partial charge on any atom is 0.260 e. The van der Waals surface area contributed by atoms with Crippen LogP contribution < -0.4 is 4.90 Å². The lowest BCUT2D eigenvalue weighted by atomic mass is 10.0. The van der Waals surface area contributed by atoms with Crippen molar-refractivity contribution in [1.29, 1.82) is 0 Å². The van der Waals surface area contributed by atoms with Crippen LogP contribution >= 0.6 is 23.7 Å². The Labute approximate surface area is 253 Å². The molecule has 218 valence electrons. The van der Waals surface area contributed by atoms with E-state index in [0.29, 0.717) is 36.8 Å². The molecule has 0 N–H and O–H groups in total. The van der Waals surface area contributed by atoms with Gasteiger partial charge in [-0.15, -0.1) is 12.4 Å². The Hall–Kier alpha value is -2.82. The van der Waals surface area contributed by atoms with Gasteiger partial charge in [0.25, 0.3) is 5.91 Å². The second kappa shape index (κ2) is 13.0. The number of rotatable bonds is 9. The molecule has 0 bridgehead atoms. The first kappa shape index (κ1) is 31.1. The summed E-state index contributed by atoms with van der Waals surface area (Å²) in [6.45, 7) is 12.1. The van der Waals surface area contributed by atoms with Crippen LogP contribution in [0.5, 0.6) is 0 Å². The number of aryl methyl sites for hydroxylation is 2. The molecule has 3 aromatic carbocycles. The molecule has 2 heterocycles. The van der Waals surface area contributed by atoms with E-state index in [1.807, 2.05) is 25.1 Å². The minimum Gasteiger partial charge on any atom is -0.302 e. The normalized spacial score (nSPS) is 13.7. The zero-order valence-corrected chi connectivity index (χ0v) is 26.4. The fourth-order valence-electron chi connectivity index (χ4n) is 5.29. The van der Waals surface area contributed by atoms with Gasteiger partial charge in [-0.05, 0) is 85.9 Å². The molecule has 7 nitrogen and oxygen atoms in total. The average molecular weight is 613 g/mol. The summed E-state index contributed by atoms with van der Waals surface area (Å²) in [7, 11) is -3.68. The van der Waals surface area contributed by atoms with Crippen molar-refractivity contribution in [3.05, 3.63) is 88.5 Å². The smallest absolute Gasteiger partial charge is 0.260 e. The Bertz CT molecular complexity index is 1630. The summed E-state index contributed by atoms with van der Waals surface area (Å²) in [5.74, 6) is -0.184. The first-order chi connectivity index (χ1) is 19.2. The van der Waals surface area contributed by atoms with Crippen molar-refractivity contribution in [2.75, 3.05) is 37.6 Å². The van der Waals surface area contributed by atoms with Crippen LogP contribution in [0.3, 0.4) is 0 Å². The summed E-state index contributed by atoms with van der Waals surface area (Å²) < 4.78 is 29.5. The third-order valence-electron chi connectivity index (χ3n) is 7.66. The number of hydrogen-bond donors (Lipinski definition) is 0. The monoisotopic (exact) mass is 612 g/mol. The van der Waals surface area contributed by atoms with Crippen LogP contribution in [0.4, 0.5) is 5.13 Å². The number of hydrogen-bond acceptors (Lipinski definition) is 6. The number of benzene rings is 3. The Morgan fingerprint density at radius 1 is 0.976 bits per heavy atom. The second-order valence-electron chi connectivity index (χ2n) is 10.3. The highest BCUT2D eigenvalue weighted by Gasteiger charge is 2.29. The number of thiazole rings is 1. The molecule has 0 saturated heterocycles. The molecule has 0 aliphatic carbocycles. The van der Waals surface area contributed by atoms with Gasteiger partial charge in [-0.25, -0.2) is 13.4 Å². The molecule has 0 spiro atoms. The first-order valence-corrected chi connectivity index (χ1v) is 16.1. The minimum atomic E-state index is -3.68. The predicted octanol–water partition coefficient (Wildman–Crippen LogP) is 6.07. The minimum absolute atomic E-state index is 0. The zero-order chi connectivity index (χ0) is 28.4. The number of sulfonamides is 1. The fourth-order valence-corrected chi connectivity index (χ4v) is 7.87. The van der Waals surface area contributed by atoms with Crippen molar-refractivity contribution >= 4 is 55.0 Å². The van der Waals surface area contributed by atoms with E-state index in [9.17, 15) is 13.2 Å². The highest BCUT2D eigenvalue weighted by molar-refractivity contribution is 7.89. The van der Waals surface area contributed by atoms with Gasteiger partial charge in [0.05, 0.1) is 15.1 Å². The summed E-state index contributed by atoms with van der Waals surface area (Å²) in [4.78, 5) is 23.0. The molecule has 1 aliphatic heterocycles. The van der Waals surface area contributed by atoms with Crippen LogP contribution in [0, 0.1) is 13.8 Å². The molecular formula is C31H37ClN4O3S2.